The summed E-state index contributed by atoms with van der Waals surface area (Å²) >= 11 is 1.40. The van der Waals surface area contributed by atoms with Gasteiger partial charge >= 0.3 is 0 Å². The van der Waals surface area contributed by atoms with Gasteiger partial charge in [-0.15, -0.1) is 11.3 Å². The zero-order valence-electron chi connectivity index (χ0n) is 7.86. The Bertz CT molecular complexity index is 311. The molecule has 0 aliphatic rings. The zero-order chi connectivity index (χ0) is 10.6. The molecule has 0 bridgehead atoms. The van der Waals surface area contributed by atoms with E-state index in [0.717, 1.165) is 4.88 Å². The van der Waals surface area contributed by atoms with E-state index in [9.17, 15) is 4.79 Å². The molecular weight excluding hydrogens is 202 g/mol. The Hall–Kier alpha value is -0.910. The van der Waals surface area contributed by atoms with Crippen LogP contribution in [0.15, 0.2) is 12.1 Å². The topological polar surface area (TPSA) is 69.6 Å². The van der Waals surface area contributed by atoms with E-state index in [1.165, 1.54) is 11.3 Å². The van der Waals surface area contributed by atoms with Crippen LogP contribution in [0, 0.1) is 6.92 Å². The van der Waals surface area contributed by atoms with Crippen molar-refractivity contribution in [1.82, 2.24) is 5.32 Å². The van der Waals surface area contributed by atoms with Crippen molar-refractivity contribution in [2.24, 2.45) is 0 Å². The summed E-state index contributed by atoms with van der Waals surface area (Å²) < 4.78 is 0. The molecule has 1 heterocycles. The summed E-state index contributed by atoms with van der Waals surface area (Å²) in [6, 6.07) is 3.60. The molecule has 1 aromatic heterocycles. The van der Waals surface area contributed by atoms with E-state index in [4.69, 9.17) is 10.2 Å². The molecule has 78 valence electrons. The Morgan fingerprint density at radius 3 is 2.86 bits per heavy atom. The number of rotatable bonds is 4. The van der Waals surface area contributed by atoms with Crippen LogP contribution in [0.5, 0.6) is 0 Å². The second-order valence-corrected chi connectivity index (χ2v) is 4.24. The maximum absolute atomic E-state index is 11.4. The summed E-state index contributed by atoms with van der Waals surface area (Å²) in [6.45, 7) is 1.65. The largest absolute Gasteiger partial charge is 0.394 e. The van der Waals surface area contributed by atoms with Crippen molar-refractivity contribution in [2.75, 3.05) is 13.2 Å². The lowest BCUT2D eigenvalue weighted by Crippen LogP contribution is -2.33. The fourth-order valence-electron chi connectivity index (χ4n) is 0.919. The van der Waals surface area contributed by atoms with Crippen molar-refractivity contribution in [3.8, 4) is 0 Å². The van der Waals surface area contributed by atoms with Gasteiger partial charge in [0, 0.05) is 11.4 Å². The van der Waals surface area contributed by atoms with Crippen molar-refractivity contribution < 1.29 is 15.0 Å². The molecule has 1 rings (SSSR count). The van der Waals surface area contributed by atoms with E-state index < -0.39 is 6.10 Å². The van der Waals surface area contributed by atoms with E-state index in [0.29, 0.717) is 4.88 Å². The molecule has 0 spiro atoms. The summed E-state index contributed by atoms with van der Waals surface area (Å²) in [4.78, 5) is 13.1. The van der Waals surface area contributed by atoms with Crippen LogP contribution in [0.2, 0.25) is 0 Å². The van der Waals surface area contributed by atoms with Crippen molar-refractivity contribution in [3.05, 3.63) is 21.9 Å². The van der Waals surface area contributed by atoms with Crippen molar-refractivity contribution in [2.45, 2.75) is 13.0 Å². The van der Waals surface area contributed by atoms with Gasteiger partial charge in [0.2, 0.25) is 0 Å². The number of aliphatic hydroxyl groups excluding tert-OH is 2. The summed E-state index contributed by atoms with van der Waals surface area (Å²) in [5.41, 5.74) is 0. The van der Waals surface area contributed by atoms with E-state index in [1.807, 2.05) is 13.0 Å². The minimum absolute atomic E-state index is 0.0757. The van der Waals surface area contributed by atoms with Crippen LogP contribution in [0.4, 0.5) is 0 Å². The Kier molecular flexibility index (Phi) is 4.06. The lowest BCUT2D eigenvalue weighted by molar-refractivity contribution is 0.0804. The summed E-state index contributed by atoms with van der Waals surface area (Å²) in [7, 11) is 0. The van der Waals surface area contributed by atoms with E-state index >= 15 is 0 Å². The smallest absolute Gasteiger partial charge is 0.261 e. The van der Waals surface area contributed by atoms with Gasteiger partial charge in [-0.3, -0.25) is 4.79 Å². The van der Waals surface area contributed by atoms with E-state index in [1.54, 1.807) is 6.07 Å². The number of aryl methyl sites for hydroxylation is 1. The van der Waals surface area contributed by atoms with Gasteiger partial charge in [0.05, 0.1) is 17.6 Å². The standard InChI is InChI=1S/C9H13NO3S/c1-6-2-3-8(14-6)9(13)10-4-7(12)5-11/h2-3,7,11-12H,4-5H2,1H3,(H,10,13). The molecule has 1 atom stereocenters. The predicted octanol–water partition coefficient (Wildman–Crippen LogP) is 0.140. The number of amides is 1. The molecule has 5 heteroatoms. The quantitative estimate of drug-likeness (QED) is 0.669. The molecule has 0 saturated heterocycles. The molecule has 1 unspecified atom stereocenters. The summed E-state index contributed by atoms with van der Waals surface area (Å²) in [6.07, 6.45) is -0.889. The fourth-order valence-corrected chi connectivity index (χ4v) is 1.70. The lowest BCUT2D eigenvalue weighted by Gasteiger charge is -2.07. The number of hydrogen-bond donors (Lipinski definition) is 3. The normalized spacial score (nSPS) is 12.5. The van der Waals surface area contributed by atoms with Crippen LogP contribution in [-0.4, -0.2) is 35.4 Å². The van der Waals surface area contributed by atoms with Gasteiger partial charge in [0.15, 0.2) is 0 Å². The summed E-state index contributed by atoms with van der Waals surface area (Å²) in [5, 5.41) is 20.0. The molecule has 4 nitrogen and oxygen atoms in total. The first-order valence-electron chi connectivity index (χ1n) is 4.27. The average Bonchev–Trinajstić information content (AvgIpc) is 2.60. The highest BCUT2D eigenvalue weighted by Crippen LogP contribution is 2.14. The van der Waals surface area contributed by atoms with Crippen LogP contribution in [0.25, 0.3) is 0 Å². The Morgan fingerprint density at radius 1 is 1.64 bits per heavy atom. The van der Waals surface area contributed by atoms with Gasteiger partial charge in [-0.2, -0.15) is 0 Å². The monoisotopic (exact) mass is 215 g/mol. The zero-order valence-corrected chi connectivity index (χ0v) is 8.67. The van der Waals surface area contributed by atoms with Crippen LogP contribution in [0.3, 0.4) is 0 Å². The number of carbonyl (C=O) groups is 1. The molecule has 1 aromatic rings. The first kappa shape index (κ1) is 11.2. The predicted molar refractivity (Wildman–Crippen MR) is 54.5 cm³/mol. The first-order valence-corrected chi connectivity index (χ1v) is 5.08. The average molecular weight is 215 g/mol. The molecule has 0 aliphatic carbocycles. The van der Waals surface area contributed by atoms with E-state index in [2.05, 4.69) is 5.32 Å². The molecule has 1 amide bonds. The number of hydrogen-bond acceptors (Lipinski definition) is 4. The second-order valence-electron chi connectivity index (χ2n) is 2.96. The highest BCUT2D eigenvalue weighted by Gasteiger charge is 2.09. The van der Waals surface area contributed by atoms with Crippen LogP contribution >= 0.6 is 11.3 Å². The molecule has 0 radical (unpaired) electrons. The lowest BCUT2D eigenvalue weighted by atomic mass is 10.3. The maximum Gasteiger partial charge on any atom is 0.261 e. The fraction of sp³-hybridized carbons (Fsp3) is 0.444. The van der Waals surface area contributed by atoms with Gasteiger partial charge in [0.25, 0.3) is 5.91 Å². The SMILES string of the molecule is Cc1ccc(C(=O)NCC(O)CO)s1. The minimum Gasteiger partial charge on any atom is -0.394 e. The number of aliphatic hydroxyl groups is 2. The molecule has 0 fully saturated rings. The van der Waals surface area contributed by atoms with Gasteiger partial charge in [-0.1, -0.05) is 0 Å². The third-order valence-electron chi connectivity index (χ3n) is 1.67. The Labute approximate surface area is 86.2 Å². The van der Waals surface area contributed by atoms with E-state index in [-0.39, 0.29) is 19.1 Å². The van der Waals surface area contributed by atoms with Gasteiger partial charge in [0.1, 0.15) is 0 Å². The molecule has 0 aromatic carbocycles. The van der Waals surface area contributed by atoms with Crippen LogP contribution in [0.1, 0.15) is 14.5 Å². The number of thiophene rings is 1. The van der Waals surface area contributed by atoms with Gasteiger partial charge < -0.3 is 15.5 Å². The summed E-state index contributed by atoms with van der Waals surface area (Å²) in [5.74, 6) is -0.212. The maximum atomic E-state index is 11.4. The first-order chi connectivity index (χ1) is 6.63. The highest BCUT2D eigenvalue weighted by atomic mass is 32.1. The van der Waals surface area contributed by atoms with Crippen molar-refractivity contribution >= 4 is 17.2 Å². The number of carbonyl (C=O) groups excluding carboxylic acids is 1. The van der Waals surface area contributed by atoms with Crippen molar-refractivity contribution in [3.63, 3.8) is 0 Å². The minimum atomic E-state index is -0.889. The highest BCUT2D eigenvalue weighted by molar-refractivity contribution is 7.13. The molecular formula is C9H13NO3S. The third-order valence-corrected chi connectivity index (χ3v) is 2.67. The molecule has 0 aliphatic heterocycles. The van der Waals surface area contributed by atoms with Crippen LogP contribution < -0.4 is 5.32 Å². The second kappa shape index (κ2) is 5.09. The Balaban J connectivity index is 2.43. The molecule has 0 saturated carbocycles. The number of nitrogens with one attached hydrogen (secondary N) is 1. The van der Waals surface area contributed by atoms with Crippen molar-refractivity contribution in [1.29, 1.82) is 0 Å². The molecule has 3 N–H and O–H groups in total. The molecule has 14 heavy (non-hydrogen) atoms. The Morgan fingerprint density at radius 2 is 2.36 bits per heavy atom. The van der Waals surface area contributed by atoms with Gasteiger partial charge in [-0.25, -0.2) is 0 Å². The van der Waals surface area contributed by atoms with Crippen LogP contribution in [-0.2, 0) is 0 Å². The third kappa shape index (κ3) is 3.10. The van der Waals surface area contributed by atoms with Gasteiger partial charge in [-0.05, 0) is 19.1 Å².